The Morgan fingerprint density at radius 1 is 1.56 bits per heavy atom. The number of nitriles is 1. The molecule has 0 aliphatic carbocycles. The van der Waals surface area contributed by atoms with Gasteiger partial charge in [0.1, 0.15) is 0 Å². The van der Waals surface area contributed by atoms with Gasteiger partial charge in [0.2, 0.25) is 0 Å². The van der Waals surface area contributed by atoms with Gasteiger partial charge in [-0.25, -0.2) is 4.98 Å². The monoisotopic (exact) mass is 235 g/mol. The molecule has 1 aliphatic rings. The first-order chi connectivity index (χ1) is 7.61. The highest BCUT2D eigenvalue weighted by Crippen LogP contribution is 2.30. The van der Waals surface area contributed by atoms with Crippen LogP contribution in [0.15, 0.2) is 5.38 Å². The van der Waals surface area contributed by atoms with E-state index in [2.05, 4.69) is 28.3 Å². The van der Waals surface area contributed by atoms with E-state index in [-0.39, 0.29) is 5.41 Å². The van der Waals surface area contributed by atoms with Gasteiger partial charge in [-0.3, -0.25) is 4.90 Å². The van der Waals surface area contributed by atoms with Crippen molar-refractivity contribution in [3.05, 3.63) is 16.1 Å². The summed E-state index contributed by atoms with van der Waals surface area (Å²) in [6.07, 6.45) is 1.96. The standard InChI is InChI=1S/C12H17N3S/c1-10-14-11(8-16-10)7-15-5-3-12(2,9-13)4-6-15/h8H,3-7H2,1-2H3. The Bertz CT molecular complexity index is 397. The highest BCUT2D eigenvalue weighted by Gasteiger charge is 2.29. The van der Waals surface area contributed by atoms with Crippen LogP contribution in [0.5, 0.6) is 0 Å². The molecule has 86 valence electrons. The van der Waals surface area contributed by atoms with Gasteiger partial charge in [0.15, 0.2) is 0 Å². The van der Waals surface area contributed by atoms with E-state index in [0.29, 0.717) is 0 Å². The highest BCUT2D eigenvalue weighted by molar-refractivity contribution is 7.09. The first-order valence-electron chi connectivity index (χ1n) is 5.66. The van der Waals surface area contributed by atoms with Crippen LogP contribution in [0.25, 0.3) is 0 Å². The normalized spacial score (nSPS) is 20.6. The predicted octanol–water partition coefficient (Wildman–Crippen LogP) is 2.58. The second kappa shape index (κ2) is 4.52. The number of rotatable bonds is 2. The van der Waals surface area contributed by atoms with E-state index in [4.69, 9.17) is 5.26 Å². The molecule has 0 amide bonds. The molecule has 0 atom stereocenters. The maximum atomic E-state index is 9.05. The number of aromatic nitrogens is 1. The van der Waals surface area contributed by atoms with Crippen molar-refractivity contribution < 1.29 is 0 Å². The average molecular weight is 235 g/mol. The van der Waals surface area contributed by atoms with Crippen molar-refractivity contribution in [2.24, 2.45) is 5.41 Å². The van der Waals surface area contributed by atoms with Gasteiger partial charge >= 0.3 is 0 Å². The van der Waals surface area contributed by atoms with Crippen LogP contribution in [-0.2, 0) is 6.54 Å². The van der Waals surface area contributed by atoms with Crippen molar-refractivity contribution in [3.63, 3.8) is 0 Å². The van der Waals surface area contributed by atoms with Gasteiger partial charge in [0.05, 0.1) is 22.2 Å². The van der Waals surface area contributed by atoms with Gasteiger partial charge in [-0.05, 0) is 26.7 Å². The topological polar surface area (TPSA) is 39.9 Å². The molecule has 1 fully saturated rings. The lowest BCUT2D eigenvalue weighted by atomic mass is 9.82. The number of nitrogens with zero attached hydrogens (tertiary/aromatic N) is 3. The van der Waals surface area contributed by atoms with Gasteiger partial charge in [-0.15, -0.1) is 11.3 Å². The van der Waals surface area contributed by atoms with Crippen LogP contribution in [0.4, 0.5) is 0 Å². The van der Waals surface area contributed by atoms with E-state index >= 15 is 0 Å². The minimum atomic E-state index is -0.103. The summed E-state index contributed by atoms with van der Waals surface area (Å²) in [4.78, 5) is 6.87. The molecular weight excluding hydrogens is 218 g/mol. The van der Waals surface area contributed by atoms with Crippen molar-refractivity contribution in [3.8, 4) is 6.07 Å². The Morgan fingerprint density at radius 3 is 2.75 bits per heavy atom. The van der Waals surface area contributed by atoms with E-state index in [1.165, 1.54) is 5.69 Å². The second-order valence-corrected chi connectivity index (χ2v) is 5.87. The highest BCUT2D eigenvalue weighted by atomic mass is 32.1. The zero-order valence-corrected chi connectivity index (χ0v) is 10.7. The molecule has 2 heterocycles. The Hall–Kier alpha value is -0.920. The van der Waals surface area contributed by atoms with E-state index in [1.807, 2.05) is 6.92 Å². The molecule has 1 aromatic rings. The first kappa shape index (κ1) is 11.6. The quantitative estimate of drug-likeness (QED) is 0.791. The maximum Gasteiger partial charge on any atom is 0.0897 e. The third-order valence-electron chi connectivity index (χ3n) is 3.28. The van der Waals surface area contributed by atoms with Gasteiger partial charge in [-0.2, -0.15) is 5.26 Å². The molecule has 0 spiro atoms. The third kappa shape index (κ3) is 2.60. The molecule has 0 unspecified atom stereocenters. The summed E-state index contributed by atoms with van der Waals surface area (Å²) in [7, 11) is 0. The zero-order valence-electron chi connectivity index (χ0n) is 9.86. The fourth-order valence-corrected chi connectivity index (χ4v) is 2.63. The summed E-state index contributed by atoms with van der Waals surface area (Å²) >= 11 is 1.71. The molecule has 2 rings (SSSR count). The van der Waals surface area contributed by atoms with Crippen LogP contribution in [-0.4, -0.2) is 23.0 Å². The van der Waals surface area contributed by atoms with Crippen LogP contribution in [0, 0.1) is 23.7 Å². The van der Waals surface area contributed by atoms with Crippen LogP contribution in [0.3, 0.4) is 0 Å². The Morgan fingerprint density at radius 2 is 2.25 bits per heavy atom. The number of thiazole rings is 1. The minimum absolute atomic E-state index is 0.103. The van der Waals surface area contributed by atoms with Gasteiger partial charge in [0.25, 0.3) is 0 Å². The van der Waals surface area contributed by atoms with Crippen molar-refractivity contribution in [2.75, 3.05) is 13.1 Å². The van der Waals surface area contributed by atoms with Gasteiger partial charge in [0, 0.05) is 25.0 Å². The Balaban J connectivity index is 1.89. The molecule has 1 aromatic heterocycles. The summed E-state index contributed by atoms with van der Waals surface area (Å²) in [5.74, 6) is 0. The van der Waals surface area contributed by atoms with Crippen molar-refractivity contribution in [2.45, 2.75) is 33.2 Å². The molecule has 0 N–H and O–H groups in total. The molecular formula is C12H17N3S. The lowest BCUT2D eigenvalue weighted by Crippen LogP contribution is -2.37. The van der Waals surface area contributed by atoms with Crippen LogP contribution in [0.2, 0.25) is 0 Å². The van der Waals surface area contributed by atoms with Crippen LogP contribution in [0.1, 0.15) is 30.5 Å². The van der Waals surface area contributed by atoms with Gasteiger partial charge < -0.3 is 0 Å². The van der Waals surface area contributed by atoms with Crippen LogP contribution < -0.4 is 0 Å². The molecule has 0 bridgehead atoms. The molecule has 0 radical (unpaired) electrons. The molecule has 0 aromatic carbocycles. The van der Waals surface area contributed by atoms with Crippen molar-refractivity contribution >= 4 is 11.3 Å². The fraction of sp³-hybridized carbons (Fsp3) is 0.667. The zero-order chi connectivity index (χ0) is 11.6. The van der Waals surface area contributed by atoms with Crippen LogP contribution >= 0.6 is 11.3 Å². The number of piperidine rings is 1. The fourth-order valence-electron chi connectivity index (χ4n) is 2.03. The molecule has 0 saturated carbocycles. The molecule has 4 heteroatoms. The van der Waals surface area contributed by atoms with E-state index in [1.54, 1.807) is 11.3 Å². The molecule has 1 aliphatic heterocycles. The van der Waals surface area contributed by atoms with Crippen molar-refractivity contribution in [1.29, 1.82) is 5.26 Å². The summed E-state index contributed by atoms with van der Waals surface area (Å²) in [5, 5.41) is 12.3. The van der Waals surface area contributed by atoms with Gasteiger partial charge in [-0.1, -0.05) is 0 Å². The molecule has 3 nitrogen and oxygen atoms in total. The predicted molar refractivity (Wildman–Crippen MR) is 65.1 cm³/mol. The third-order valence-corrected chi connectivity index (χ3v) is 4.10. The first-order valence-corrected chi connectivity index (χ1v) is 6.54. The van der Waals surface area contributed by atoms with Crippen molar-refractivity contribution in [1.82, 2.24) is 9.88 Å². The minimum Gasteiger partial charge on any atom is -0.297 e. The number of aryl methyl sites for hydroxylation is 1. The smallest absolute Gasteiger partial charge is 0.0897 e. The molecule has 1 saturated heterocycles. The summed E-state index contributed by atoms with van der Waals surface area (Å²) in [6, 6.07) is 2.43. The lowest BCUT2D eigenvalue weighted by Gasteiger charge is -2.34. The Labute approximate surface area is 101 Å². The van der Waals surface area contributed by atoms with E-state index in [0.717, 1.165) is 37.5 Å². The number of likely N-dealkylation sites (tertiary alicyclic amines) is 1. The maximum absolute atomic E-state index is 9.05. The second-order valence-electron chi connectivity index (χ2n) is 4.81. The SMILES string of the molecule is Cc1nc(CN2CCC(C)(C#N)CC2)cs1. The lowest BCUT2D eigenvalue weighted by molar-refractivity contribution is 0.149. The average Bonchev–Trinajstić information content (AvgIpc) is 2.68. The Kier molecular flexibility index (Phi) is 3.27. The van der Waals surface area contributed by atoms with E-state index in [9.17, 15) is 0 Å². The number of hydrogen-bond donors (Lipinski definition) is 0. The summed E-state index contributed by atoms with van der Waals surface area (Å²) in [6.45, 7) is 7.07. The largest absolute Gasteiger partial charge is 0.297 e. The summed E-state index contributed by atoms with van der Waals surface area (Å²) < 4.78 is 0. The number of hydrogen-bond acceptors (Lipinski definition) is 4. The summed E-state index contributed by atoms with van der Waals surface area (Å²) in [5.41, 5.74) is 1.07. The van der Waals surface area contributed by atoms with E-state index < -0.39 is 0 Å². The molecule has 16 heavy (non-hydrogen) atoms.